The maximum atomic E-state index is 13.9. The highest BCUT2D eigenvalue weighted by atomic mass is 79.9. The van der Waals surface area contributed by atoms with E-state index < -0.39 is 5.82 Å². The van der Waals surface area contributed by atoms with Crippen molar-refractivity contribution in [3.63, 3.8) is 0 Å². The number of rotatable bonds is 2. The molecule has 1 aromatic carbocycles. The molecule has 94 valence electrons. The van der Waals surface area contributed by atoms with E-state index in [0.717, 1.165) is 9.35 Å². The Morgan fingerprint density at radius 2 is 1.94 bits per heavy atom. The minimum absolute atomic E-state index is 0.0289. The smallest absolute Gasteiger partial charge is 0.206 e. The highest BCUT2D eigenvalue weighted by Crippen LogP contribution is 2.30. The molecular formula is C13H11BrFNOS. The number of benzene rings is 1. The van der Waals surface area contributed by atoms with E-state index in [9.17, 15) is 9.18 Å². The molecule has 2 rings (SSSR count). The van der Waals surface area contributed by atoms with Crippen molar-refractivity contribution in [3.05, 3.63) is 49.4 Å². The Hall–Kier alpha value is -1.20. The van der Waals surface area contributed by atoms with E-state index in [1.54, 1.807) is 13.0 Å². The van der Waals surface area contributed by atoms with Gasteiger partial charge in [0, 0.05) is 5.69 Å². The van der Waals surface area contributed by atoms with Crippen molar-refractivity contribution >= 4 is 38.7 Å². The molecule has 0 atom stereocenters. The molecule has 2 nitrogen and oxygen atoms in total. The predicted molar refractivity (Wildman–Crippen MR) is 75.7 cm³/mol. The average Bonchev–Trinajstić information content (AvgIpc) is 2.63. The van der Waals surface area contributed by atoms with Gasteiger partial charge < -0.3 is 5.73 Å². The molecule has 0 bridgehead atoms. The number of nitrogen functional groups attached to an aromatic ring is 1. The lowest BCUT2D eigenvalue weighted by atomic mass is 10.0. The van der Waals surface area contributed by atoms with Crippen LogP contribution in [-0.2, 0) is 0 Å². The average molecular weight is 328 g/mol. The van der Waals surface area contributed by atoms with E-state index in [-0.39, 0.29) is 11.3 Å². The molecule has 0 fully saturated rings. The molecule has 0 unspecified atom stereocenters. The van der Waals surface area contributed by atoms with Crippen molar-refractivity contribution in [1.29, 1.82) is 0 Å². The SMILES string of the molecule is Cc1cc(C(=O)c2cc(N)cc(C)c2F)sc1Br. The fourth-order valence-corrected chi connectivity index (χ4v) is 3.16. The number of aryl methyl sites for hydroxylation is 2. The quantitative estimate of drug-likeness (QED) is 0.667. The molecule has 2 aromatic rings. The number of nitrogens with two attached hydrogens (primary N) is 1. The summed E-state index contributed by atoms with van der Waals surface area (Å²) in [5, 5.41) is 0. The molecule has 0 amide bonds. The van der Waals surface area contributed by atoms with Crippen molar-refractivity contribution in [3.8, 4) is 0 Å². The van der Waals surface area contributed by atoms with Crippen LogP contribution >= 0.6 is 27.3 Å². The fraction of sp³-hybridized carbons (Fsp3) is 0.154. The summed E-state index contributed by atoms with van der Waals surface area (Å²) in [5.74, 6) is -0.835. The summed E-state index contributed by atoms with van der Waals surface area (Å²) >= 11 is 4.65. The van der Waals surface area contributed by atoms with Crippen molar-refractivity contribution in [2.75, 3.05) is 5.73 Å². The second-order valence-corrected chi connectivity index (χ2v) is 6.47. The van der Waals surface area contributed by atoms with Crippen LogP contribution in [0.3, 0.4) is 0 Å². The van der Waals surface area contributed by atoms with E-state index in [1.165, 1.54) is 23.5 Å². The first-order valence-corrected chi connectivity index (χ1v) is 6.87. The van der Waals surface area contributed by atoms with Crippen molar-refractivity contribution in [1.82, 2.24) is 0 Å². The van der Waals surface area contributed by atoms with Gasteiger partial charge in [0.2, 0.25) is 5.78 Å². The van der Waals surface area contributed by atoms with Crippen molar-refractivity contribution in [2.24, 2.45) is 0 Å². The molecule has 1 heterocycles. The van der Waals surface area contributed by atoms with Crippen LogP contribution in [0.5, 0.6) is 0 Å². The Balaban J connectivity index is 2.52. The number of carbonyl (C=O) groups excluding carboxylic acids is 1. The van der Waals surface area contributed by atoms with Crippen molar-refractivity contribution < 1.29 is 9.18 Å². The Morgan fingerprint density at radius 3 is 2.50 bits per heavy atom. The minimum atomic E-state index is -0.503. The molecule has 0 aliphatic rings. The van der Waals surface area contributed by atoms with E-state index in [0.29, 0.717) is 16.1 Å². The molecule has 18 heavy (non-hydrogen) atoms. The van der Waals surface area contributed by atoms with Crippen LogP contribution in [0.2, 0.25) is 0 Å². The van der Waals surface area contributed by atoms with Gasteiger partial charge in [-0.3, -0.25) is 4.79 Å². The van der Waals surface area contributed by atoms with Gasteiger partial charge in [-0.1, -0.05) is 0 Å². The topological polar surface area (TPSA) is 43.1 Å². The molecule has 1 aromatic heterocycles. The summed E-state index contributed by atoms with van der Waals surface area (Å²) in [6.07, 6.45) is 0. The van der Waals surface area contributed by atoms with Crippen LogP contribution < -0.4 is 5.73 Å². The second-order valence-electron chi connectivity index (χ2n) is 4.10. The van der Waals surface area contributed by atoms with Crippen LogP contribution in [0.25, 0.3) is 0 Å². The van der Waals surface area contributed by atoms with Crippen LogP contribution in [0.15, 0.2) is 22.0 Å². The van der Waals surface area contributed by atoms with E-state index in [2.05, 4.69) is 15.9 Å². The number of halogens is 2. The lowest BCUT2D eigenvalue weighted by molar-refractivity contribution is 0.103. The van der Waals surface area contributed by atoms with Crippen molar-refractivity contribution in [2.45, 2.75) is 13.8 Å². The lowest BCUT2D eigenvalue weighted by Gasteiger charge is -2.05. The molecule has 5 heteroatoms. The second kappa shape index (κ2) is 4.82. The Morgan fingerprint density at radius 1 is 1.28 bits per heavy atom. The summed E-state index contributed by atoms with van der Waals surface area (Å²) in [7, 11) is 0. The summed E-state index contributed by atoms with van der Waals surface area (Å²) in [6, 6.07) is 4.64. The summed E-state index contributed by atoms with van der Waals surface area (Å²) in [5.41, 5.74) is 7.42. The fourth-order valence-electron chi connectivity index (χ4n) is 1.67. The number of carbonyl (C=O) groups is 1. The van der Waals surface area contributed by atoms with Gasteiger partial charge in [-0.15, -0.1) is 11.3 Å². The highest BCUT2D eigenvalue weighted by molar-refractivity contribution is 9.11. The molecule has 2 N–H and O–H groups in total. The van der Waals surface area contributed by atoms with E-state index in [1.807, 2.05) is 6.92 Å². The van der Waals surface area contributed by atoms with Crippen LogP contribution in [-0.4, -0.2) is 5.78 Å². The van der Waals surface area contributed by atoms with Gasteiger partial charge >= 0.3 is 0 Å². The monoisotopic (exact) mass is 327 g/mol. The summed E-state index contributed by atoms with van der Waals surface area (Å²) < 4.78 is 14.8. The third-order valence-corrected chi connectivity index (χ3v) is 4.74. The van der Waals surface area contributed by atoms with E-state index in [4.69, 9.17) is 5.73 Å². The molecular weight excluding hydrogens is 317 g/mol. The molecule has 0 saturated carbocycles. The largest absolute Gasteiger partial charge is 0.399 e. The van der Waals surface area contributed by atoms with Crippen LogP contribution in [0.1, 0.15) is 26.4 Å². The lowest BCUT2D eigenvalue weighted by Crippen LogP contribution is -2.05. The Labute approximate surface area is 117 Å². The van der Waals surface area contributed by atoms with Gasteiger partial charge in [0.1, 0.15) is 5.82 Å². The van der Waals surface area contributed by atoms with Gasteiger partial charge in [-0.25, -0.2) is 4.39 Å². The van der Waals surface area contributed by atoms with Gasteiger partial charge in [0.25, 0.3) is 0 Å². The standard InChI is InChI=1S/C13H11BrFNOS/c1-6-3-8(16)5-9(11(6)15)12(17)10-4-7(2)13(14)18-10/h3-5H,16H2,1-2H3. The number of ketones is 1. The zero-order valence-corrected chi connectivity index (χ0v) is 12.3. The predicted octanol–water partition coefficient (Wildman–Crippen LogP) is 4.08. The van der Waals surface area contributed by atoms with Gasteiger partial charge in [0.05, 0.1) is 14.2 Å². The zero-order chi connectivity index (χ0) is 13.4. The third kappa shape index (κ3) is 2.33. The maximum Gasteiger partial charge on any atom is 0.206 e. The first-order valence-electron chi connectivity index (χ1n) is 5.26. The summed E-state index contributed by atoms with van der Waals surface area (Å²) in [6.45, 7) is 3.48. The Bertz CT molecular complexity index is 617. The number of thiophene rings is 1. The normalized spacial score (nSPS) is 10.7. The third-order valence-electron chi connectivity index (χ3n) is 2.60. The molecule has 0 saturated heterocycles. The summed E-state index contributed by atoms with van der Waals surface area (Å²) in [4.78, 5) is 12.7. The maximum absolute atomic E-state index is 13.9. The van der Waals surface area contributed by atoms with Gasteiger partial charge in [-0.05, 0) is 59.1 Å². The number of anilines is 1. The van der Waals surface area contributed by atoms with E-state index >= 15 is 0 Å². The van der Waals surface area contributed by atoms with Crippen LogP contribution in [0.4, 0.5) is 10.1 Å². The van der Waals surface area contributed by atoms with Gasteiger partial charge in [-0.2, -0.15) is 0 Å². The Kier molecular flexibility index (Phi) is 3.54. The first kappa shape index (κ1) is 13.2. The molecule has 0 spiro atoms. The highest BCUT2D eigenvalue weighted by Gasteiger charge is 2.19. The van der Waals surface area contributed by atoms with Crippen LogP contribution in [0, 0.1) is 19.7 Å². The number of hydrogen-bond acceptors (Lipinski definition) is 3. The molecule has 0 aliphatic heterocycles. The number of hydrogen-bond donors (Lipinski definition) is 1. The molecule has 0 radical (unpaired) electrons. The van der Waals surface area contributed by atoms with Gasteiger partial charge in [0.15, 0.2) is 0 Å². The first-order chi connectivity index (χ1) is 8.40. The zero-order valence-electron chi connectivity index (χ0n) is 9.88. The molecule has 0 aliphatic carbocycles. The minimum Gasteiger partial charge on any atom is -0.399 e.